The summed E-state index contributed by atoms with van der Waals surface area (Å²) < 4.78 is 36.2. The Kier molecular flexibility index (Phi) is 5.72. The third kappa shape index (κ3) is 4.23. The highest BCUT2D eigenvalue weighted by molar-refractivity contribution is 6.02. The van der Waals surface area contributed by atoms with Crippen molar-refractivity contribution in [2.24, 2.45) is 0 Å². The molecule has 1 atom stereocenters. The van der Waals surface area contributed by atoms with Crippen LogP contribution in [0.25, 0.3) is 27.8 Å². The van der Waals surface area contributed by atoms with E-state index >= 15 is 0 Å². The van der Waals surface area contributed by atoms with Crippen molar-refractivity contribution in [2.75, 3.05) is 0 Å². The molecule has 2 aromatic heterocycles. The first-order chi connectivity index (χ1) is 16.8. The summed E-state index contributed by atoms with van der Waals surface area (Å²) in [7, 11) is 0. The van der Waals surface area contributed by atoms with E-state index in [9.17, 15) is 13.6 Å². The Labute approximate surface area is 200 Å². The number of Topliss-reactive ketones (excluding diaryl/α,β-unsaturated/α-hetero) is 1. The normalized spacial score (nSPS) is 12.3. The number of carbonyl (C=O) groups is 1. The molecule has 0 fully saturated rings. The highest BCUT2D eigenvalue weighted by atomic mass is 19.1. The fraction of sp³-hybridized carbons (Fsp3) is 0.185. The molecule has 0 aliphatic carbocycles. The Morgan fingerprint density at radius 3 is 2.40 bits per heavy atom. The van der Waals surface area contributed by atoms with E-state index in [4.69, 9.17) is 4.52 Å². The van der Waals surface area contributed by atoms with Crippen LogP contribution in [-0.4, -0.2) is 25.7 Å². The summed E-state index contributed by atoms with van der Waals surface area (Å²) in [4.78, 5) is 17.3. The van der Waals surface area contributed by atoms with Crippen LogP contribution in [-0.2, 0) is 0 Å². The number of hydrogen-bond donors (Lipinski definition) is 0. The monoisotopic (exact) mass is 472 g/mol. The Bertz CT molecular complexity index is 1530. The van der Waals surface area contributed by atoms with Crippen LogP contribution in [0.2, 0.25) is 0 Å². The largest absolute Gasteiger partial charge is 0.339 e. The minimum atomic E-state index is -0.704. The third-order valence-corrected chi connectivity index (χ3v) is 5.94. The number of benzene rings is 3. The molecular weight excluding hydrogens is 450 g/mol. The summed E-state index contributed by atoms with van der Waals surface area (Å²) in [6.45, 7) is 5.53. The van der Waals surface area contributed by atoms with Crippen LogP contribution in [0.5, 0.6) is 0 Å². The van der Waals surface area contributed by atoms with Gasteiger partial charge in [-0.3, -0.25) is 4.79 Å². The van der Waals surface area contributed by atoms with Crippen molar-refractivity contribution in [3.63, 3.8) is 0 Å². The molecule has 5 rings (SSSR count). The van der Waals surface area contributed by atoms with Gasteiger partial charge in [-0.2, -0.15) is 10.1 Å². The summed E-state index contributed by atoms with van der Waals surface area (Å²) >= 11 is 0. The first-order valence-electron chi connectivity index (χ1n) is 11.2. The van der Waals surface area contributed by atoms with Crippen LogP contribution in [0.1, 0.15) is 46.9 Å². The first kappa shape index (κ1) is 22.6. The van der Waals surface area contributed by atoms with E-state index in [2.05, 4.69) is 15.2 Å². The average Bonchev–Trinajstić information content (AvgIpc) is 3.43. The smallest absolute Gasteiger partial charge is 0.229 e. The lowest BCUT2D eigenvalue weighted by atomic mass is 9.98. The summed E-state index contributed by atoms with van der Waals surface area (Å²) in [6, 6.07) is 16.4. The number of nitrogens with zero attached hydrogens (tertiary/aromatic N) is 4. The zero-order valence-corrected chi connectivity index (χ0v) is 19.4. The highest BCUT2D eigenvalue weighted by Crippen LogP contribution is 2.34. The van der Waals surface area contributed by atoms with Gasteiger partial charge in [-0.1, -0.05) is 41.9 Å². The second-order valence-corrected chi connectivity index (χ2v) is 8.63. The minimum absolute atomic E-state index is 0.120. The molecule has 6 nitrogen and oxygen atoms in total. The maximum absolute atomic E-state index is 14.7. The van der Waals surface area contributed by atoms with E-state index in [1.165, 1.54) is 18.2 Å². The number of halogens is 2. The van der Waals surface area contributed by atoms with Gasteiger partial charge in [0.25, 0.3) is 0 Å². The van der Waals surface area contributed by atoms with Crippen LogP contribution >= 0.6 is 0 Å². The zero-order chi connectivity index (χ0) is 24.7. The molecule has 0 saturated carbocycles. The number of ketones is 1. The fourth-order valence-corrected chi connectivity index (χ4v) is 4.08. The quantitative estimate of drug-likeness (QED) is 0.269. The number of carbonyl (C=O) groups excluding carboxylic acids is 1. The van der Waals surface area contributed by atoms with Crippen molar-refractivity contribution in [1.29, 1.82) is 0 Å². The molecule has 8 heteroatoms. The molecule has 0 spiro atoms. The second-order valence-electron chi connectivity index (χ2n) is 8.63. The standard InChI is InChI=1S/C27H22F2N4O2/c1-15-7-10-19(11-8-15)33-23-14-18(24(34)13-16(2)27-30-17(3)32-35-27)9-12-20(23)26(31-33)25-21(28)5-4-6-22(25)29/h4-12,14,16H,13H2,1-3H3/t16-/m0/s1. The van der Waals surface area contributed by atoms with Gasteiger partial charge in [0.1, 0.15) is 17.3 Å². The van der Waals surface area contributed by atoms with Crippen LogP contribution in [0.4, 0.5) is 8.78 Å². The van der Waals surface area contributed by atoms with Crippen LogP contribution in [0, 0.1) is 25.5 Å². The van der Waals surface area contributed by atoms with Gasteiger partial charge in [0.05, 0.1) is 16.8 Å². The summed E-state index contributed by atoms with van der Waals surface area (Å²) in [5.41, 5.74) is 2.76. The topological polar surface area (TPSA) is 73.8 Å². The highest BCUT2D eigenvalue weighted by Gasteiger charge is 2.23. The van der Waals surface area contributed by atoms with Gasteiger partial charge in [-0.05, 0) is 50.2 Å². The molecule has 0 unspecified atom stereocenters. The van der Waals surface area contributed by atoms with Crippen molar-refractivity contribution in [2.45, 2.75) is 33.1 Å². The van der Waals surface area contributed by atoms with E-state index in [1.807, 2.05) is 38.1 Å². The lowest BCUT2D eigenvalue weighted by Crippen LogP contribution is -2.06. The van der Waals surface area contributed by atoms with Crippen LogP contribution < -0.4 is 0 Å². The SMILES string of the molecule is Cc1ccc(-n2nc(-c3c(F)cccc3F)c3ccc(C(=O)C[C@H](C)c4nc(C)no4)cc32)cc1. The lowest BCUT2D eigenvalue weighted by molar-refractivity contribution is 0.0971. The fourth-order valence-electron chi connectivity index (χ4n) is 4.08. The van der Waals surface area contributed by atoms with Gasteiger partial charge in [-0.25, -0.2) is 13.5 Å². The number of hydrogen-bond acceptors (Lipinski definition) is 5. The molecule has 35 heavy (non-hydrogen) atoms. The maximum Gasteiger partial charge on any atom is 0.229 e. The molecule has 0 amide bonds. The van der Waals surface area contributed by atoms with Gasteiger partial charge in [-0.15, -0.1) is 0 Å². The second kappa shape index (κ2) is 8.87. The number of aromatic nitrogens is 4. The summed E-state index contributed by atoms with van der Waals surface area (Å²) in [5.74, 6) is -0.877. The molecule has 5 aromatic rings. The maximum atomic E-state index is 14.7. The molecule has 2 heterocycles. The summed E-state index contributed by atoms with van der Waals surface area (Å²) in [5, 5.41) is 8.90. The zero-order valence-electron chi connectivity index (χ0n) is 19.4. The molecule has 0 aliphatic heterocycles. The van der Waals surface area contributed by atoms with Gasteiger partial charge in [0, 0.05) is 23.3 Å². The Balaban J connectivity index is 1.62. The van der Waals surface area contributed by atoms with Crippen LogP contribution in [0.3, 0.4) is 0 Å². The Hall–Kier alpha value is -4.20. The molecular formula is C27H22F2N4O2. The van der Waals surface area contributed by atoms with E-state index < -0.39 is 11.6 Å². The van der Waals surface area contributed by atoms with E-state index in [0.29, 0.717) is 33.9 Å². The molecule has 0 aliphatic rings. The van der Waals surface area contributed by atoms with E-state index in [-0.39, 0.29) is 29.4 Å². The molecule has 0 saturated heterocycles. The van der Waals surface area contributed by atoms with Gasteiger partial charge in [0.2, 0.25) is 5.89 Å². The van der Waals surface area contributed by atoms with Crippen molar-refractivity contribution in [3.05, 3.63) is 95.1 Å². The predicted molar refractivity (Wildman–Crippen MR) is 128 cm³/mol. The van der Waals surface area contributed by atoms with Gasteiger partial charge < -0.3 is 4.52 Å². The predicted octanol–water partition coefficient (Wildman–Crippen LogP) is 6.35. The number of fused-ring (bicyclic) bond motifs is 1. The average molecular weight is 472 g/mol. The van der Waals surface area contributed by atoms with E-state index in [1.54, 1.807) is 29.8 Å². The number of aryl methyl sites for hydroxylation is 2. The molecule has 0 bridgehead atoms. The third-order valence-electron chi connectivity index (χ3n) is 5.94. The lowest BCUT2D eigenvalue weighted by Gasteiger charge is -2.08. The van der Waals surface area contributed by atoms with Crippen molar-refractivity contribution in [3.8, 4) is 16.9 Å². The molecule has 176 valence electrons. The Morgan fingerprint density at radius 1 is 1.03 bits per heavy atom. The van der Waals surface area contributed by atoms with Gasteiger partial charge in [0.15, 0.2) is 11.6 Å². The van der Waals surface area contributed by atoms with Crippen LogP contribution in [0.15, 0.2) is 65.2 Å². The van der Waals surface area contributed by atoms with Gasteiger partial charge >= 0.3 is 0 Å². The summed E-state index contributed by atoms with van der Waals surface area (Å²) in [6.07, 6.45) is 0.167. The van der Waals surface area contributed by atoms with E-state index in [0.717, 1.165) is 5.56 Å². The van der Waals surface area contributed by atoms with Crippen molar-refractivity contribution in [1.82, 2.24) is 19.9 Å². The number of rotatable bonds is 6. The molecule has 0 radical (unpaired) electrons. The minimum Gasteiger partial charge on any atom is -0.339 e. The first-order valence-corrected chi connectivity index (χ1v) is 11.2. The molecule has 0 N–H and O–H groups in total. The Morgan fingerprint density at radius 2 is 1.74 bits per heavy atom. The van der Waals surface area contributed by atoms with Crippen molar-refractivity contribution < 1.29 is 18.1 Å². The van der Waals surface area contributed by atoms with Crippen molar-refractivity contribution >= 4 is 16.7 Å². The molecule has 3 aromatic carbocycles.